The Morgan fingerprint density at radius 2 is 1.42 bits per heavy atom. The van der Waals surface area contributed by atoms with Crippen LogP contribution in [0.15, 0.2) is 109 Å². The van der Waals surface area contributed by atoms with E-state index in [0.717, 1.165) is 55.1 Å². The Morgan fingerprint density at radius 3 is 2.26 bits per heavy atom. The monoisotopic (exact) mass is 671 g/mol. The van der Waals surface area contributed by atoms with E-state index in [0.29, 0.717) is 11.4 Å². The first-order valence-electron chi connectivity index (χ1n) is 12.2. The van der Waals surface area contributed by atoms with Gasteiger partial charge in [-0.05, 0) is 29.3 Å². The first-order valence-corrected chi connectivity index (χ1v) is 12.2. The van der Waals surface area contributed by atoms with Gasteiger partial charge in [-0.15, -0.1) is 29.1 Å². The smallest absolute Gasteiger partial charge is 0.144 e. The fourth-order valence-electron chi connectivity index (χ4n) is 5.13. The van der Waals surface area contributed by atoms with Crippen LogP contribution in [0, 0.1) is 6.07 Å². The molecule has 0 unspecified atom stereocenters. The summed E-state index contributed by atoms with van der Waals surface area (Å²) in [6.45, 7) is 0. The molecular weight excluding hydrogens is 649 g/mol. The Morgan fingerprint density at radius 1 is 0.711 bits per heavy atom. The number of fused-ring (bicyclic) bond motifs is 3. The fourth-order valence-corrected chi connectivity index (χ4v) is 5.13. The molecule has 4 nitrogen and oxygen atoms in total. The molecule has 5 heteroatoms. The van der Waals surface area contributed by atoms with Crippen molar-refractivity contribution < 1.29 is 26.2 Å². The van der Waals surface area contributed by atoms with Crippen molar-refractivity contribution in [2.45, 2.75) is 0 Å². The maximum absolute atomic E-state index is 10.5. The Kier molecular flexibility index (Phi) is 6.06. The largest absolute Gasteiger partial charge is 0.507 e. The van der Waals surface area contributed by atoms with Crippen LogP contribution >= 0.6 is 0 Å². The van der Waals surface area contributed by atoms with Crippen LogP contribution in [0.5, 0.6) is 5.75 Å². The normalized spacial score (nSPS) is 11.2. The number of phenols is 1. The van der Waals surface area contributed by atoms with Crippen molar-refractivity contribution >= 4 is 32.6 Å². The Balaban J connectivity index is 0.00000264. The number of rotatable bonds is 3. The van der Waals surface area contributed by atoms with E-state index in [1.165, 1.54) is 0 Å². The number of aromatic nitrogens is 3. The second kappa shape index (κ2) is 9.55. The first kappa shape index (κ1) is 24.1. The van der Waals surface area contributed by atoms with Crippen LogP contribution in [0.25, 0.3) is 66.5 Å². The average molecular weight is 672 g/mol. The molecule has 0 saturated heterocycles. The summed E-state index contributed by atoms with van der Waals surface area (Å²) in [6.07, 6.45) is 0. The van der Waals surface area contributed by atoms with Gasteiger partial charge in [-0.3, -0.25) is 4.98 Å². The number of aryl methyl sites for hydroxylation is 1. The zero-order valence-electron chi connectivity index (χ0n) is 20.5. The van der Waals surface area contributed by atoms with Gasteiger partial charge in [0.05, 0.1) is 22.3 Å². The number of hydrogen-bond donors (Lipinski definition) is 1. The summed E-state index contributed by atoms with van der Waals surface area (Å²) in [5.41, 5.74) is 6.17. The topological polar surface area (TPSA) is 50.9 Å². The first-order chi connectivity index (χ1) is 18.2. The molecule has 0 bridgehead atoms. The molecule has 7 aromatic rings. The van der Waals surface area contributed by atoms with Gasteiger partial charge in [0, 0.05) is 39.1 Å². The number of phenolic OH excluding ortho intramolecular Hbond substituents is 1. The Hall–Kier alpha value is -4.27. The van der Waals surface area contributed by atoms with E-state index in [9.17, 15) is 5.11 Å². The molecule has 7 rings (SSSR count). The zero-order valence-corrected chi connectivity index (χ0v) is 22.8. The minimum absolute atomic E-state index is 0. The van der Waals surface area contributed by atoms with Crippen LogP contribution in [0.4, 0.5) is 0 Å². The van der Waals surface area contributed by atoms with Crippen LogP contribution in [0.1, 0.15) is 0 Å². The summed E-state index contributed by atoms with van der Waals surface area (Å²) in [5.74, 6) is 0.920. The predicted octanol–water partition coefficient (Wildman–Crippen LogP) is 7.78. The second-order valence-corrected chi connectivity index (χ2v) is 9.24. The fraction of sp³-hybridized carbons (Fsp3) is 0.0303. The maximum Gasteiger partial charge on any atom is 0.144 e. The van der Waals surface area contributed by atoms with Gasteiger partial charge < -0.3 is 9.67 Å². The van der Waals surface area contributed by atoms with Gasteiger partial charge in [0.15, 0.2) is 0 Å². The molecule has 1 N–H and O–H groups in total. The quantitative estimate of drug-likeness (QED) is 0.195. The van der Waals surface area contributed by atoms with Gasteiger partial charge in [0.1, 0.15) is 11.6 Å². The van der Waals surface area contributed by atoms with E-state index in [1.54, 1.807) is 6.07 Å². The molecule has 0 atom stereocenters. The van der Waals surface area contributed by atoms with E-state index < -0.39 is 0 Å². The van der Waals surface area contributed by atoms with E-state index in [2.05, 4.69) is 66.7 Å². The molecular formula is C33H22N3OPt-. The summed E-state index contributed by atoms with van der Waals surface area (Å²) in [4.78, 5) is 10.2. The Labute approximate surface area is 234 Å². The van der Waals surface area contributed by atoms with Crippen molar-refractivity contribution in [3.63, 3.8) is 0 Å². The third kappa shape index (κ3) is 3.89. The summed E-state index contributed by atoms with van der Waals surface area (Å²) in [7, 11) is 1.98. The zero-order chi connectivity index (χ0) is 24.9. The molecule has 2 aromatic heterocycles. The Bertz CT molecular complexity index is 1980. The van der Waals surface area contributed by atoms with Gasteiger partial charge in [-0.1, -0.05) is 84.2 Å². The average Bonchev–Trinajstić information content (AvgIpc) is 3.28. The molecule has 0 saturated carbocycles. The van der Waals surface area contributed by atoms with Crippen molar-refractivity contribution in [3.05, 3.63) is 115 Å². The second-order valence-electron chi connectivity index (χ2n) is 9.24. The molecule has 5 aromatic carbocycles. The summed E-state index contributed by atoms with van der Waals surface area (Å²) in [5, 5.41) is 15.0. The number of imidazole rings is 1. The van der Waals surface area contributed by atoms with Gasteiger partial charge in [-0.2, -0.15) is 0 Å². The summed E-state index contributed by atoms with van der Waals surface area (Å²) >= 11 is 0. The van der Waals surface area contributed by atoms with Crippen molar-refractivity contribution in [2.24, 2.45) is 7.05 Å². The van der Waals surface area contributed by atoms with E-state index in [-0.39, 0.29) is 26.8 Å². The number of para-hydroxylation sites is 2. The SMILES string of the molecule is Cn1c(-c2ccccc2O)nc2c(-c3nc(-c4[c-]cc5ccccc5c4)cc4ccccc34)cccc21.[Pt]. The third-order valence-electron chi connectivity index (χ3n) is 7.01. The van der Waals surface area contributed by atoms with Crippen molar-refractivity contribution in [1.82, 2.24) is 14.5 Å². The number of aromatic hydroxyl groups is 1. The van der Waals surface area contributed by atoms with Gasteiger partial charge in [0.25, 0.3) is 0 Å². The van der Waals surface area contributed by atoms with Gasteiger partial charge in [-0.25, -0.2) is 4.98 Å². The number of hydrogen-bond acceptors (Lipinski definition) is 3. The van der Waals surface area contributed by atoms with Gasteiger partial charge >= 0.3 is 0 Å². The number of benzene rings is 5. The van der Waals surface area contributed by atoms with Crippen LogP contribution in [-0.4, -0.2) is 19.6 Å². The van der Waals surface area contributed by atoms with E-state index in [4.69, 9.17) is 9.97 Å². The van der Waals surface area contributed by atoms with Crippen molar-refractivity contribution in [2.75, 3.05) is 0 Å². The van der Waals surface area contributed by atoms with Crippen LogP contribution < -0.4 is 0 Å². The molecule has 38 heavy (non-hydrogen) atoms. The van der Waals surface area contributed by atoms with E-state index in [1.807, 2.05) is 54.1 Å². The molecule has 0 aliphatic heterocycles. The van der Waals surface area contributed by atoms with Crippen molar-refractivity contribution in [3.8, 4) is 39.7 Å². The molecule has 186 valence electrons. The van der Waals surface area contributed by atoms with Crippen LogP contribution in [0.2, 0.25) is 0 Å². The molecule has 0 aliphatic rings. The third-order valence-corrected chi connectivity index (χ3v) is 7.01. The van der Waals surface area contributed by atoms with Crippen LogP contribution in [0.3, 0.4) is 0 Å². The van der Waals surface area contributed by atoms with E-state index >= 15 is 0 Å². The van der Waals surface area contributed by atoms with Crippen molar-refractivity contribution in [1.29, 1.82) is 0 Å². The summed E-state index contributed by atoms with van der Waals surface area (Å²) in [6, 6.07) is 39.8. The van der Waals surface area contributed by atoms with Gasteiger partial charge in [0.2, 0.25) is 0 Å². The molecule has 0 radical (unpaired) electrons. The predicted molar refractivity (Wildman–Crippen MR) is 150 cm³/mol. The number of pyridine rings is 1. The molecule has 0 spiro atoms. The molecule has 0 fully saturated rings. The summed E-state index contributed by atoms with van der Waals surface area (Å²) < 4.78 is 2.02. The standard InChI is InChI=1S/C33H22N3O.Pt/c1-36-29-15-8-14-27(32(29)35-33(36)26-13-6-7-16-30(26)37)31-25-12-5-4-11-23(25)20-28(34-31)24-18-17-21-9-2-3-10-22(21)19-24;/h2-17,19-20,37H,1H3;/q-1;. The molecule has 0 aliphatic carbocycles. The van der Waals surface area contributed by atoms with Crippen LogP contribution in [-0.2, 0) is 28.1 Å². The number of nitrogens with zero attached hydrogens (tertiary/aromatic N) is 3. The minimum Gasteiger partial charge on any atom is -0.507 e. The molecule has 0 amide bonds. The maximum atomic E-state index is 10.5. The minimum atomic E-state index is 0. The molecule has 2 heterocycles.